The summed E-state index contributed by atoms with van der Waals surface area (Å²) in [5.74, 6) is 2.18. The van der Waals surface area contributed by atoms with Crippen molar-refractivity contribution in [3.05, 3.63) is 47.5 Å². The van der Waals surface area contributed by atoms with Gasteiger partial charge in [0.15, 0.2) is 5.11 Å². The Bertz CT molecular complexity index is 710. The van der Waals surface area contributed by atoms with Gasteiger partial charge in [0.25, 0.3) is 0 Å². The quantitative estimate of drug-likeness (QED) is 0.705. The first-order valence-corrected chi connectivity index (χ1v) is 8.48. The van der Waals surface area contributed by atoms with Gasteiger partial charge in [-0.1, -0.05) is 11.6 Å². The number of thiocarbonyl (C=S) groups is 1. The highest BCUT2D eigenvalue weighted by Crippen LogP contribution is 2.27. The first-order chi connectivity index (χ1) is 12.0. The maximum atomic E-state index is 6.10. The molecule has 0 fully saturated rings. The molecule has 2 N–H and O–H groups in total. The van der Waals surface area contributed by atoms with Crippen molar-refractivity contribution in [1.82, 2.24) is 5.32 Å². The highest BCUT2D eigenvalue weighted by Gasteiger charge is 2.07. The Labute approximate surface area is 158 Å². The first-order valence-electron chi connectivity index (χ1n) is 7.69. The van der Waals surface area contributed by atoms with E-state index in [9.17, 15) is 0 Å². The fourth-order valence-corrected chi connectivity index (χ4v) is 2.65. The molecule has 134 valence electrons. The molecule has 0 aliphatic heterocycles. The van der Waals surface area contributed by atoms with Gasteiger partial charge in [0, 0.05) is 5.69 Å². The van der Waals surface area contributed by atoms with Crippen LogP contribution in [-0.2, 0) is 0 Å². The smallest absolute Gasteiger partial charge is 0.171 e. The van der Waals surface area contributed by atoms with Crippen LogP contribution in [0, 0.1) is 0 Å². The fourth-order valence-electron chi connectivity index (χ4n) is 2.07. The average molecular weight is 381 g/mol. The molecule has 2 aromatic rings. The Hall–Kier alpha value is -2.18. The number of hydrogen-bond acceptors (Lipinski definition) is 4. The predicted molar refractivity (Wildman–Crippen MR) is 105 cm³/mol. The fraction of sp³-hybridized carbons (Fsp3) is 0.278. The maximum absolute atomic E-state index is 6.10. The Morgan fingerprint density at radius 2 is 1.76 bits per heavy atom. The average Bonchev–Trinajstić information content (AvgIpc) is 2.60. The van der Waals surface area contributed by atoms with Crippen LogP contribution in [0.2, 0.25) is 5.02 Å². The monoisotopic (exact) mass is 380 g/mol. The van der Waals surface area contributed by atoms with Crippen LogP contribution in [0.15, 0.2) is 42.5 Å². The van der Waals surface area contributed by atoms with Gasteiger partial charge in [-0.05, 0) is 61.6 Å². The molecule has 5 nitrogen and oxygen atoms in total. The van der Waals surface area contributed by atoms with Gasteiger partial charge in [-0.2, -0.15) is 0 Å². The minimum atomic E-state index is 0.0239. The molecule has 0 saturated heterocycles. The second-order valence-electron chi connectivity index (χ2n) is 5.34. The molecule has 0 radical (unpaired) electrons. The van der Waals surface area contributed by atoms with Gasteiger partial charge in [-0.3, -0.25) is 0 Å². The largest absolute Gasteiger partial charge is 0.497 e. The third-order valence-corrected chi connectivity index (χ3v) is 3.86. The molecule has 0 bridgehead atoms. The molecule has 0 unspecified atom stereocenters. The van der Waals surface area contributed by atoms with E-state index < -0.39 is 0 Å². The van der Waals surface area contributed by atoms with Crippen LogP contribution in [0.5, 0.6) is 17.2 Å². The summed E-state index contributed by atoms with van der Waals surface area (Å²) in [6.07, 6.45) is 0. The van der Waals surface area contributed by atoms with E-state index in [1.165, 1.54) is 0 Å². The summed E-state index contributed by atoms with van der Waals surface area (Å²) in [6, 6.07) is 12.8. The normalized spacial score (nSPS) is 11.4. The Kier molecular flexibility index (Phi) is 7.16. The van der Waals surface area contributed by atoms with Gasteiger partial charge in [0.05, 0.1) is 25.3 Å². The molecular formula is C18H21ClN2O3S. The van der Waals surface area contributed by atoms with Gasteiger partial charge in [-0.25, -0.2) is 0 Å². The molecule has 25 heavy (non-hydrogen) atoms. The summed E-state index contributed by atoms with van der Waals surface area (Å²) in [5, 5.41) is 7.26. The maximum Gasteiger partial charge on any atom is 0.171 e. The van der Waals surface area contributed by atoms with Crippen LogP contribution in [0.1, 0.15) is 6.92 Å². The van der Waals surface area contributed by atoms with E-state index in [2.05, 4.69) is 10.6 Å². The summed E-state index contributed by atoms with van der Waals surface area (Å²) in [6.45, 7) is 2.45. The third-order valence-electron chi connectivity index (χ3n) is 3.35. The lowest BCUT2D eigenvalue weighted by molar-refractivity contribution is 0.286. The Morgan fingerprint density at radius 3 is 2.36 bits per heavy atom. The lowest BCUT2D eigenvalue weighted by Gasteiger charge is -2.18. The van der Waals surface area contributed by atoms with Crippen molar-refractivity contribution in [2.24, 2.45) is 0 Å². The lowest BCUT2D eigenvalue weighted by atomic mass is 10.3. The zero-order chi connectivity index (χ0) is 18.2. The molecule has 1 atom stereocenters. The van der Waals surface area contributed by atoms with Gasteiger partial charge in [-0.15, -0.1) is 0 Å². The highest BCUT2D eigenvalue weighted by atomic mass is 35.5. The molecule has 7 heteroatoms. The van der Waals surface area contributed by atoms with E-state index in [1.54, 1.807) is 26.4 Å². The number of nitrogens with one attached hydrogen (secondary N) is 2. The molecule has 0 amide bonds. The van der Waals surface area contributed by atoms with Crippen LogP contribution >= 0.6 is 23.8 Å². The van der Waals surface area contributed by atoms with Crippen LogP contribution in [0.25, 0.3) is 0 Å². The van der Waals surface area contributed by atoms with Crippen molar-refractivity contribution in [2.75, 3.05) is 26.1 Å². The predicted octanol–water partition coefficient (Wildman–Crippen LogP) is 4.11. The molecule has 0 saturated carbocycles. The van der Waals surface area contributed by atoms with E-state index in [1.807, 2.05) is 37.3 Å². The molecule has 0 heterocycles. The van der Waals surface area contributed by atoms with E-state index >= 15 is 0 Å². The molecule has 2 aromatic carbocycles. The summed E-state index contributed by atoms with van der Waals surface area (Å²) < 4.78 is 16.0. The van der Waals surface area contributed by atoms with Crippen LogP contribution in [0.3, 0.4) is 0 Å². The summed E-state index contributed by atoms with van der Waals surface area (Å²) in [4.78, 5) is 0. The molecular weight excluding hydrogens is 360 g/mol. The number of anilines is 1. The zero-order valence-corrected chi connectivity index (χ0v) is 15.9. The zero-order valence-electron chi connectivity index (χ0n) is 14.3. The SMILES string of the molecule is COc1ccc(OC[C@@H](C)NC(=S)Nc2ccc(OC)c(Cl)c2)cc1. The minimum absolute atomic E-state index is 0.0239. The van der Waals surface area contributed by atoms with E-state index in [4.69, 9.17) is 38.0 Å². The van der Waals surface area contributed by atoms with Crippen molar-refractivity contribution >= 4 is 34.6 Å². The van der Waals surface area contributed by atoms with Crippen molar-refractivity contribution in [1.29, 1.82) is 0 Å². The summed E-state index contributed by atoms with van der Waals surface area (Å²) in [5.41, 5.74) is 0.784. The third kappa shape index (κ3) is 5.99. The number of benzene rings is 2. The lowest BCUT2D eigenvalue weighted by Crippen LogP contribution is -2.39. The Balaban J connectivity index is 1.80. The van der Waals surface area contributed by atoms with Crippen molar-refractivity contribution in [2.45, 2.75) is 13.0 Å². The number of rotatable bonds is 7. The molecule has 0 spiro atoms. The van der Waals surface area contributed by atoms with Gasteiger partial charge >= 0.3 is 0 Å². The first kappa shape index (κ1) is 19.1. The summed E-state index contributed by atoms with van der Waals surface area (Å²) >= 11 is 11.4. The van der Waals surface area contributed by atoms with Gasteiger partial charge in [0.1, 0.15) is 23.9 Å². The van der Waals surface area contributed by atoms with Crippen molar-refractivity contribution < 1.29 is 14.2 Å². The molecule has 2 rings (SSSR count). The second kappa shape index (κ2) is 9.34. The number of hydrogen-bond donors (Lipinski definition) is 2. The van der Waals surface area contributed by atoms with E-state index in [-0.39, 0.29) is 6.04 Å². The molecule has 0 aliphatic rings. The van der Waals surface area contributed by atoms with Crippen molar-refractivity contribution in [3.8, 4) is 17.2 Å². The van der Waals surface area contributed by atoms with E-state index in [0.29, 0.717) is 22.5 Å². The summed E-state index contributed by atoms with van der Waals surface area (Å²) in [7, 11) is 3.21. The van der Waals surface area contributed by atoms with Gasteiger partial charge in [0.2, 0.25) is 0 Å². The van der Waals surface area contributed by atoms with Crippen molar-refractivity contribution in [3.63, 3.8) is 0 Å². The van der Waals surface area contributed by atoms with Crippen LogP contribution in [0.4, 0.5) is 5.69 Å². The topological polar surface area (TPSA) is 51.8 Å². The highest BCUT2D eigenvalue weighted by molar-refractivity contribution is 7.80. The minimum Gasteiger partial charge on any atom is -0.497 e. The van der Waals surface area contributed by atoms with Gasteiger partial charge < -0.3 is 24.8 Å². The number of ether oxygens (including phenoxy) is 3. The standard InChI is InChI=1S/C18H21ClN2O3S/c1-12(11-24-15-7-5-14(22-2)6-8-15)20-18(25)21-13-4-9-17(23-3)16(19)10-13/h4-10,12H,11H2,1-3H3,(H2,20,21,25)/t12-/m1/s1. The van der Waals surface area contributed by atoms with Crippen LogP contribution < -0.4 is 24.8 Å². The second-order valence-corrected chi connectivity index (χ2v) is 6.15. The van der Waals surface area contributed by atoms with E-state index in [0.717, 1.165) is 17.2 Å². The molecule has 0 aliphatic carbocycles. The Morgan fingerprint density at radius 1 is 1.08 bits per heavy atom. The number of halogens is 1. The molecule has 0 aromatic heterocycles. The number of methoxy groups -OCH3 is 2. The van der Waals surface area contributed by atoms with Crippen LogP contribution in [-0.4, -0.2) is 32.0 Å².